The van der Waals surface area contributed by atoms with Crippen LogP contribution in [0.4, 0.5) is 11.4 Å². The lowest BCUT2D eigenvalue weighted by atomic mass is 10.2. The standard InChI is InChI=1S/C20H23ClN2O4/c1-14(27-17-6-4-16(25-2)5-7-17)20(24)22-18-13-15(21)3-8-19(18)23-9-11-26-12-10-23/h3-8,13-14H,9-12H2,1-2H3,(H,22,24). The third kappa shape index (κ3) is 5.05. The van der Waals surface area contributed by atoms with Crippen molar-refractivity contribution in [2.45, 2.75) is 13.0 Å². The third-order valence-corrected chi connectivity index (χ3v) is 4.54. The Balaban J connectivity index is 1.69. The maximum atomic E-state index is 12.6. The van der Waals surface area contributed by atoms with Crippen LogP contribution in [0.25, 0.3) is 0 Å². The molecule has 1 aliphatic heterocycles. The molecule has 0 aliphatic carbocycles. The summed E-state index contributed by atoms with van der Waals surface area (Å²) in [6.45, 7) is 4.56. The van der Waals surface area contributed by atoms with Crippen LogP contribution in [0.2, 0.25) is 5.02 Å². The summed E-state index contributed by atoms with van der Waals surface area (Å²) < 4.78 is 16.3. The van der Waals surface area contributed by atoms with Crippen molar-refractivity contribution < 1.29 is 19.0 Å². The Kier molecular flexibility index (Phi) is 6.42. The molecule has 1 amide bonds. The molecule has 1 N–H and O–H groups in total. The number of carbonyl (C=O) groups is 1. The van der Waals surface area contributed by atoms with Gasteiger partial charge < -0.3 is 24.4 Å². The van der Waals surface area contributed by atoms with Gasteiger partial charge in [-0.05, 0) is 49.4 Å². The minimum Gasteiger partial charge on any atom is -0.497 e. The minimum atomic E-state index is -0.671. The van der Waals surface area contributed by atoms with Gasteiger partial charge in [-0.1, -0.05) is 11.6 Å². The van der Waals surface area contributed by atoms with Crippen LogP contribution in [0.15, 0.2) is 42.5 Å². The van der Waals surface area contributed by atoms with Gasteiger partial charge in [-0.25, -0.2) is 0 Å². The smallest absolute Gasteiger partial charge is 0.265 e. The maximum Gasteiger partial charge on any atom is 0.265 e. The summed E-state index contributed by atoms with van der Waals surface area (Å²) >= 11 is 6.14. The molecule has 7 heteroatoms. The number of hydrogen-bond donors (Lipinski definition) is 1. The van der Waals surface area contributed by atoms with Gasteiger partial charge in [0.15, 0.2) is 6.10 Å². The summed E-state index contributed by atoms with van der Waals surface area (Å²) in [5.74, 6) is 1.08. The van der Waals surface area contributed by atoms with E-state index in [9.17, 15) is 4.79 Å². The Bertz CT molecular complexity index is 776. The van der Waals surface area contributed by atoms with Crippen LogP contribution in [0.1, 0.15) is 6.92 Å². The molecule has 144 valence electrons. The first-order valence-corrected chi connectivity index (χ1v) is 9.18. The monoisotopic (exact) mass is 390 g/mol. The summed E-state index contributed by atoms with van der Waals surface area (Å²) in [6.07, 6.45) is -0.671. The molecule has 1 atom stereocenters. The summed E-state index contributed by atoms with van der Waals surface area (Å²) in [5.41, 5.74) is 1.59. The predicted molar refractivity (Wildman–Crippen MR) is 106 cm³/mol. The zero-order chi connectivity index (χ0) is 19.2. The number of hydrogen-bond acceptors (Lipinski definition) is 5. The number of carbonyl (C=O) groups excluding carboxylic acids is 1. The highest BCUT2D eigenvalue weighted by Gasteiger charge is 2.20. The molecule has 0 aromatic heterocycles. The second kappa shape index (κ2) is 8.97. The van der Waals surface area contributed by atoms with Crippen LogP contribution < -0.4 is 19.7 Å². The number of rotatable bonds is 6. The highest BCUT2D eigenvalue weighted by molar-refractivity contribution is 6.31. The molecule has 27 heavy (non-hydrogen) atoms. The number of amides is 1. The molecule has 1 saturated heterocycles. The van der Waals surface area contributed by atoms with E-state index in [4.69, 9.17) is 25.8 Å². The van der Waals surface area contributed by atoms with Gasteiger partial charge in [0.1, 0.15) is 11.5 Å². The molecule has 3 rings (SSSR count). The zero-order valence-electron chi connectivity index (χ0n) is 15.4. The van der Waals surface area contributed by atoms with E-state index in [1.165, 1.54) is 0 Å². The summed E-state index contributed by atoms with van der Waals surface area (Å²) in [6, 6.07) is 12.6. The van der Waals surface area contributed by atoms with Crippen molar-refractivity contribution in [3.8, 4) is 11.5 Å². The van der Waals surface area contributed by atoms with Crippen LogP contribution in [-0.4, -0.2) is 45.4 Å². The number of nitrogens with zero attached hydrogens (tertiary/aromatic N) is 1. The van der Waals surface area contributed by atoms with Crippen LogP contribution in [0.5, 0.6) is 11.5 Å². The van der Waals surface area contributed by atoms with E-state index in [0.717, 1.165) is 24.5 Å². The quantitative estimate of drug-likeness (QED) is 0.816. The second-order valence-corrected chi connectivity index (χ2v) is 6.62. The number of nitrogens with one attached hydrogen (secondary N) is 1. The summed E-state index contributed by atoms with van der Waals surface area (Å²) in [7, 11) is 1.60. The minimum absolute atomic E-state index is 0.248. The van der Waals surface area contributed by atoms with E-state index in [-0.39, 0.29) is 5.91 Å². The van der Waals surface area contributed by atoms with E-state index in [0.29, 0.717) is 29.7 Å². The van der Waals surface area contributed by atoms with Gasteiger partial charge in [0.05, 0.1) is 31.7 Å². The average Bonchev–Trinajstić information content (AvgIpc) is 2.69. The molecular formula is C20H23ClN2O4. The fourth-order valence-corrected chi connectivity index (χ4v) is 3.01. The molecule has 1 unspecified atom stereocenters. The first-order chi connectivity index (χ1) is 13.1. The van der Waals surface area contributed by atoms with Crippen molar-refractivity contribution in [1.29, 1.82) is 0 Å². The van der Waals surface area contributed by atoms with Crippen LogP contribution in [-0.2, 0) is 9.53 Å². The number of morpholine rings is 1. The van der Waals surface area contributed by atoms with Crippen molar-refractivity contribution >= 4 is 28.9 Å². The fraction of sp³-hybridized carbons (Fsp3) is 0.350. The molecule has 0 radical (unpaired) electrons. The van der Waals surface area contributed by atoms with Crippen molar-refractivity contribution in [3.63, 3.8) is 0 Å². The molecule has 2 aromatic carbocycles. The van der Waals surface area contributed by atoms with E-state index in [1.54, 1.807) is 44.4 Å². The SMILES string of the molecule is COc1ccc(OC(C)C(=O)Nc2cc(Cl)ccc2N2CCOCC2)cc1. The second-order valence-electron chi connectivity index (χ2n) is 6.19. The van der Waals surface area contributed by atoms with E-state index in [1.807, 2.05) is 12.1 Å². The Morgan fingerprint density at radius 2 is 1.81 bits per heavy atom. The van der Waals surface area contributed by atoms with Crippen molar-refractivity contribution in [1.82, 2.24) is 0 Å². The molecule has 6 nitrogen and oxygen atoms in total. The molecular weight excluding hydrogens is 368 g/mol. The number of benzene rings is 2. The molecule has 0 saturated carbocycles. The summed E-state index contributed by atoms with van der Waals surface area (Å²) in [4.78, 5) is 14.8. The van der Waals surface area contributed by atoms with E-state index < -0.39 is 6.10 Å². The molecule has 2 aromatic rings. The first kappa shape index (κ1) is 19.3. The van der Waals surface area contributed by atoms with E-state index in [2.05, 4.69) is 10.2 Å². The Morgan fingerprint density at radius 3 is 2.48 bits per heavy atom. The number of ether oxygens (including phenoxy) is 3. The van der Waals surface area contributed by atoms with Gasteiger partial charge in [-0.3, -0.25) is 4.79 Å². The molecule has 0 spiro atoms. The number of methoxy groups -OCH3 is 1. The summed E-state index contributed by atoms with van der Waals surface area (Å²) in [5, 5.41) is 3.50. The van der Waals surface area contributed by atoms with Crippen molar-refractivity contribution in [2.24, 2.45) is 0 Å². The largest absolute Gasteiger partial charge is 0.497 e. The molecule has 1 fully saturated rings. The molecule has 1 heterocycles. The Hall–Kier alpha value is -2.44. The Morgan fingerprint density at radius 1 is 1.15 bits per heavy atom. The highest BCUT2D eigenvalue weighted by atomic mass is 35.5. The van der Waals surface area contributed by atoms with Crippen LogP contribution >= 0.6 is 11.6 Å². The third-order valence-electron chi connectivity index (χ3n) is 4.31. The molecule has 0 bridgehead atoms. The van der Waals surface area contributed by atoms with Gasteiger partial charge in [0, 0.05) is 18.1 Å². The fourth-order valence-electron chi connectivity index (χ4n) is 2.83. The lowest BCUT2D eigenvalue weighted by molar-refractivity contribution is -0.122. The topological polar surface area (TPSA) is 60.0 Å². The number of halogens is 1. The van der Waals surface area contributed by atoms with Crippen LogP contribution in [0.3, 0.4) is 0 Å². The van der Waals surface area contributed by atoms with Gasteiger partial charge in [-0.15, -0.1) is 0 Å². The number of anilines is 2. The van der Waals surface area contributed by atoms with Crippen molar-refractivity contribution in [2.75, 3.05) is 43.6 Å². The van der Waals surface area contributed by atoms with Gasteiger partial charge in [0.2, 0.25) is 0 Å². The highest BCUT2D eigenvalue weighted by Crippen LogP contribution is 2.30. The predicted octanol–water partition coefficient (Wildman–Crippen LogP) is 3.59. The average molecular weight is 391 g/mol. The van der Waals surface area contributed by atoms with Gasteiger partial charge >= 0.3 is 0 Å². The Labute approximate surface area is 164 Å². The van der Waals surface area contributed by atoms with Crippen molar-refractivity contribution in [3.05, 3.63) is 47.5 Å². The van der Waals surface area contributed by atoms with Gasteiger partial charge in [-0.2, -0.15) is 0 Å². The lowest BCUT2D eigenvalue weighted by Crippen LogP contribution is -2.37. The van der Waals surface area contributed by atoms with Crippen LogP contribution in [0, 0.1) is 0 Å². The van der Waals surface area contributed by atoms with E-state index >= 15 is 0 Å². The zero-order valence-corrected chi connectivity index (χ0v) is 16.2. The van der Waals surface area contributed by atoms with Gasteiger partial charge in [0.25, 0.3) is 5.91 Å². The lowest BCUT2D eigenvalue weighted by Gasteiger charge is -2.30. The molecule has 1 aliphatic rings. The normalized spacial score (nSPS) is 15.1. The first-order valence-electron chi connectivity index (χ1n) is 8.80. The maximum absolute atomic E-state index is 12.6.